The summed E-state index contributed by atoms with van der Waals surface area (Å²) in [7, 11) is 0. The molecule has 0 saturated heterocycles. The number of carbonyl (C=O) groups excluding carboxylic acids is 1. The van der Waals surface area contributed by atoms with Crippen molar-refractivity contribution in [2.45, 2.75) is 13.5 Å². The Bertz CT molecular complexity index is 950. The van der Waals surface area contributed by atoms with Gasteiger partial charge in [-0.25, -0.2) is 4.98 Å². The summed E-state index contributed by atoms with van der Waals surface area (Å²) in [6.45, 7) is 2.27. The number of aromatic nitrogens is 2. The highest BCUT2D eigenvalue weighted by molar-refractivity contribution is 6.33. The average molecular weight is 328 g/mol. The lowest BCUT2D eigenvalue weighted by molar-refractivity contribution is 0.102. The summed E-state index contributed by atoms with van der Waals surface area (Å²) in [6.07, 6.45) is 1.62. The number of pyridine rings is 2. The minimum atomic E-state index is -0.490. The van der Waals surface area contributed by atoms with E-state index in [1.807, 2.05) is 13.0 Å². The Morgan fingerprint density at radius 1 is 1.26 bits per heavy atom. The zero-order valence-electron chi connectivity index (χ0n) is 12.4. The Kier molecular flexibility index (Phi) is 4.12. The van der Waals surface area contributed by atoms with E-state index < -0.39 is 5.91 Å². The van der Waals surface area contributed by atoms with E-state index in [0.29, 0.717) is 22.9 Å². The number of hydrogen-bond acceptors (Lipinski definition) is 3. The van der Waals surface area contributed by atoms with Gasteiger partial charge in [0.05, 0.1) is 10.7 Å². The second-order valence-corrected chi connectivity index (χ2v) is 5.36. The molecule has 0 saturated carbocycles. The van der Waals surface area contributed by atoms with Crippen LogP contribution < -0.4 is 10.9 Å². The Morgan fingerprint density at radius 3 is 2.78 bits per heavy atom. The Labute approximate surface area is 137 Å². The Balaban J connectivity index is 2.09. The fourth-order valence-electron chi connectivity index (χ4n) is 2.41. The van der Waals surface area contributed by atoms with Crippen molar-refractivity contribution < 1.29 is 4.79 Å². The molecule has 3 rings (SSSR count). The van der Waals surface area contributed by atoms with Crippen molar-refractivity contribution in [2.75, 3.05) is 5.32 Å². The summed E-state index contributed by atoms with van der Waals surface area (Å²) in [4.78, 5) is 29.3. The highest BCUT2D eigenvalue weighted by Crippen LogP contribution is 2.21. The molecule has 1 aromatic carbocycles. The number of rotatable bonds is 3. The van der Waals surface area contributed by atoms with Gasteiger partial charge in [-0.2, -0.15) is 0 Å². The van der Waals surface area contributed by atoms with Crippen molar-refractivity contribution in [1.82, 2.24) is 9.55 Å². The molecule has 0 spiro atoms. The van der Waals surface area contributed by atoms with Crippen LogP contribution in [-0.4, -0.2) is 15.5 Å². The van der Waals surface area contributed by atoms with E-state index >= 15 is 0 Å². The molecule has 5 nitrogen and oxygen atoms in total. The van der Waals surface area contributed by atoms with Gasteiger partial charge >= 0.3 is 0 Å². The van der Waals surface area contributed by atoms with E-state index in [2.05, 4.69) is 10.3 Å². The molecular formula is C17H14ClN3O2. The molecule has 23 heavy (non-hydrogen) atoms. The van der Waals surface area contributed by atoms with Crippen LogP contribution in [-0.2, 0) is 6.54 Å². The molecule has 0 radical (unpaired) electrons. The minimum Gasteiger partial charge on any atom is -0.320 e. The van der Waals surface area contributed by atoms with E-state index in [4.69, 9.17) is 11.6 Å². The molecule has 1 N–H and O–H groups in total. The lowest BCUT2D eigenvalue weighted by Crippen LogP contribution is -2.29. The van der Waals surface area contributed by atoms with Crippen molar-refractivity contribution >= 4 is 34.2 Å². The van der Waals surface area contributed by atoms with E-state index in [-0.39, 0.29) is 11.1 Å². The van der Waals surface area contributed by atoms with Crippen molar-refractivity contribution in [3.05, 3.63) is 69.6 Å². The number of hydrogen-bond donors (Lipinski definition) is 1. The molecule has 2 heterocycles. The van der Waals surface area contributed by atoms with Gasteiger partial charge in [0.1, 0.15) is 11.2 Å². The number of fused-ring (bicyclic) bond motifs is 1. The van der Waals surface area contributed by atoms with Gasteiger partial charge in [-0.3, -0.25) is 14.2 Å². The number of amides is 1. The highest BCUT2D eigenvalue weighted by atomic mass is 35.5. The van der Waals surface area contributed by atoms with Crippen LogP contribution in [0.1, 0.15) is 17.3 Å². The highest BCUT2D eigenvalue weighted by Gasteiger charge is 2.16. The summed E-state index contributed by atoms with van der Waals surface area (Å²) in [5.74, 6) is -0.490. The van der Waals surface area contributed by atoms with Gasteiger partial charge < -0.3 is 5.32 Å². The van der Waals surface area contributed by atoms with Crippen LogP contribution in [0.3, 0.4) is 0 Å². The van der Waals surface area contributed by atoms with E-state index in [1.54, 1.807) is 42.6 Å². The maximum absolute atomic E-state index is 12.6. The van der Waals surface area contributed by atoms with Gasteiger partial charge in [0.25, 0.3) is 11.5 Å². The van der Waals surface area contributed by atoms with Gasteiger partial charge in [0.2, 0.25) is 0 Å². The Morgan fingerprint density at radius 2 is 2.04 bits per heavy atom. The molecule has 0 atom stereocenters. The SMILES string of the molecule is CCn1c(=O)c(C(=O)Nc2ccccc2Cl)cc2cccnc21. The number of carbonyl (C=O) groups is 1. The van der Waals surface area contributed by atoms with Crippen LogP contribution in [0.15, 0.2) is 53.5 Å². The molecule has 0 aliphatic heterocycles. The van der Waals surface area contributed by atoms with Crippen LogP contribution in [0.4, 0.5) is 5.69 Å². The number of halogens is 1. The molecule has 0 aliphatic rings. The third-order valence-electron chi connectivity index (χ3n) is 3.53. The fourth-order valence-corrected chi connectivity index (χ4v) is 2.60. The van der Waals surface area contributed by atoms with Crippen LogP contribution >= 0.6 is 11.6 Å². The smallest absolute Gasteiger partial charge is 0.265 e. The molecule has 0 unspecified atom stereocenters. The predicted octanol–water partition coefficient (Wildman–Crippen LogP) is 3.32. The zero-order valence-corrected chi connectivity index (χ0v) is 13.2. The molecule has 6 heteroatoms. The van der Waals surface area contributed by atoms with Crippen LogP contribution in [0.5, 0.6) is 0 Å². The lowest BCUT2D eigenvalue weighted by atomic mass is 10.2. The van der Waals surface area contributed by atoms with Gasteiger partial charge in [0.15, 0.2) is 0 Å². The number of benzene rings is 1. The number of para-hydroxylation sites is 1. The lowest BCUT2D eigenvalue weighted by Gasteiger charge is -2.11. The number of anilines is 1. The normalized spacial score (nSPS) is 10.7. The van der Waals surface area contributed by atoms with Crippen molar-refractivity contribution in [3.8, 4) is 0 Å². The van der Waals surface area contributed by atoms with Gasteiger partial charge in [-0.05, 0) is 37.3 Å². The molecule has 116 valence electrons. The van der Waals surface area contributed by atoms with Gasteiger partial charge in [-0.1, -0.05) is 23.7 Å². The fraction of sp³-hybridized carbons (Fsp3) is 0.118. The van der Waals surface area contributed by atoms with Gasteiger partial charge in [-0.15, -0.1) is 0 Å². The molecule has 1 amide bonds. The summed E-state index contributed by atoms with van der Waals surface area (Å²) < 4.78 is 1.48. The molecule has 0 fully saturated rings. The second kappa shape index (κ2) is 6.22. The Hall–Kier alpha value is -2.66. The average Bonchev–Trinajstić information content (AvgIpc) is 2.56. The number of nitrogens with zero attached hydrogens (tertiary/aromatic N) is 2. The predicted molar refractivity (Wildman–Crippen MR) is 91.1 cm³/mol. The molecule has 0 bridgehead atoms. The van der Waals surface area contributed by atoms with E-state index in [9.17, 15) is 9.59 Å². The van der Waals surface area contributed by atoms with E-state index in [1.165, 1.54) is 4.57 Å². The first kappa shape index (κ1) is 15.2. The number of nitrogens with one attached hydrogen (secondary N) is 1. The third-order valence-corrected chi connectivity index (χ3v) is 3.86. The minimum absolute atomic E-state index is 0.0623. The largest absolute Gasteiger partial charge is 0.320 e. The first-order valence-electron chi connectivity index (χ1n) is 7.16. The summed E-state index contributed by atoms with van der Waals surface area (Å²) in [5.41, 5.74) is 0.720. The van der Waals surface area contributed by atoms with Gasteiger partial charge in [0, 0.05) is 18.1 Å². The van der Waals surface area contributed by atoms with Crippen LogP contribution in [0.2, 0.25) is 5.02 Å². The summed E-state index contributed by atoms with van der Waals surface area (Å²) >= 11 is 6.04. The van der Waals surface area contributed by atoms with Crippen LogP contribution in [0.25, 0.3) is 11.0 Å². The summed E-state index contributed by atoms with van der Waals surface area (Å²) in [6, 6.07) is 12.0. The maximum atomic E-state index is 12.6. The zero-order chi connectivity index (χ0) is 16.4. The standard InChI is InChI=1S/C17H14ClN3O2/c1-2-21-15-11(6-5-9-19-15)10-12(17(21)23)16(22)20-14-8-4-3-7-13(14)18/h3-10H,2H2,1H3,(H,20,22). The van der Waals surface area contributed by atoms with E-state index in [0.717, 1.165) is 5.39 Å². The van der Waals surface area contributed by atoms with Crippen molar-refractivity contribution in [2.24, 2.45) is 0 Å². The molecule has 0 aliphatic carbocycles. The monoisotopic (exact) mass is 327 g/mol. The summed E-state index contributed by atoms with van der Waals surface area (Å²) in [5, 5.41) is 3.83. The number of aryl methyl sites for hydroxylation is 1. The molecule has 2 aromatic heterocycles. The second-order valence-electron chi connectivity index (χ2n) is 4.96. The van der Waals surface area contributed by atoms with Crippen molar-refractivity contribution in [3.63, 3.8) is 0 Å². The van der Waals surface area contributed by atoms with Crippen LogP contribution in [0, 0.1) is 0 Å². The first-order chi connectivity index (χ1) is 11.1. The van der Waals surface area contributed by atoms with Crippen molar-refractivity contribution in [1.29, 1.82) is 0 Å². The quantitative estimate of drug-likeness (QED) is 0.802. The molecule has 3 aromatic rings. The third kappa shape index (κ3) is 2.83. The first-order valence-corrected chi connectivity index (χ1v) is 7.54. The molecular weight excluding hydrogens is 314 g/mol. The topological polar surface area (TPSA) is 64.0 Å². The maximum Gasteiger partial charge on any atom is 0.265 e.